The van der Waals surface area contributed by atoms with Crippen molar-refractivity contribution in [1.82, 2.24) is 140 Å². The summed E-state index contributed by atoms with van der Waals surface area (Å²) in [7, 11) is 9.11. The molecule has 0 aliphatic carbocycles. The van der Waals surface area contributed by atoms with Crippen LogP contribution in [0, 0.1) is 11.3 Å². The number of carbonyl (C=O) groups excluding carboxylic acids is 12. The Morgan fingerprint density at radius 3 is 0.933 bits per heavy atom. The number of rotatable bonds is 19. The van der Waals surface area contributed by atoms with Gasteiger partial charge in [0.05, 0.1) is 126 Å². The van der Waals surface area contributed by atoms with Crippen molar-refractivity contribution < 1.29 is 76.5 Å². The largest absolute Gasteiger partial charge is 0.494 e. The average molecular weight is 1830 g/mol. The van der Waals surface area contributed by atoms with Crippen LogP contribution in [0.5, 0.6) is 23.0 Å². The molecule has 45 heteroatoms. The molecule has 45 nitrogen and oxygen atoms in total. The number of carbonyl (C=O) groups is 12. The highest BCUT2D eigenvalue weighted by molar-refractivity contribution is 6.47. The van der Waals surface area contributed by atoms with Gasteiger partial charge >= 0.3 is 0 Å². The normalized spacial score (nSPS) is 13.8. The highest BCUT2D eigenvalue weighted by atomic mass is 16.5. The van der Waals surface area contributed by atoms with Gasteiger partial charge in [0.15, 0.2) is 5.69 Å². The first kappa shape index (κ1) is 90.3. The third kappa shape index (κ3) is 18.4. The molecule has 0 spiro atoms. The van der Waals surface area contributed by atoms with Crippen LogP contribution >= 0.6 is 0 Å². The van der Waals surface area contributed by atoms with Crippen molar-refractivity contribution in [3.05, 3.63) is 221 Å². The van der Waals surface area contributed by atoms with Crippen LogP contribution in [0.1, 0.15) is 88.6 Å². The van der Waals surface area contributed by atoms with E-state index in [4.69, 9.17) is 18.9 Å². The fourth-order valence-electron chi connectivity index (χ4n) is 16.0. The van der Waals surface area contributed by atoms with Gasteiger partial charge in [-0.3, -0.25) is 57.5 Å². The number of aromatic amines is 5. The van der Waals surface area contributed by atoms with Gasteiger partial charge in [-0.25, -0.2) is 24.6 Å². The molecule has 4 aromatic carbocycles. The number of piperazine rings is 4. The van der Waals surface area contributed by atoms with Gasteiger partial charge in [-0.05, 0) is 69.4 Å². The van der Waals surface area contributed by atoms with Gasteiger partial charge in [0.1, 0.15) is 46.1 Å². The predicted octanol–water partition coefficient (Wildman–Crippen LogP) is 4.39. The lowest BCUT2D eigenvalue weighted by atomic mass is 10.1. The second-order valence-electron chi connectivity index (χ2n) is 30.7. The van der Waals surface area contributed by atoms with Gasteiger partial charge in [-0.15, -0.1) is 25.5 Å². The Hall–Kier alpha value is -18.0. The first-order valence-electron chi connectivity index (χ1n) is 42.1. The minimum absolute atomic E-state index is 0.0938. The van der Waals surface area contributed by atoms with Gasteiger partial charge in [0.25, 0.3) is 70.4 Å². The third-order valence-electron chi connectivity index (χ3n) is 23.0. The Morgan fingerprint density at radius 2 is 0.644 bits per heavy atom. The van der Waals surface area contributed by atoms with Crippen molar-refractivity contribution in [2.24, 2.45) is 14.1 Å². The van der Waals surface area contributed by atoms with Gasteiger partial charge < -0.3 is 78.1 Å². The van der Waals surface area contributed by atoms with E-state index in [9.17, 15) is 62.8 Å². The number of nitriles is 1. The zero-order valence-electron chi connectivity index (χ0n) is 73.2. The summed E-state index contributed by atoms with van der Waals surface area (Å²) in [6.07, 6.45) is 11.5. The van der Waals surface area contributed by atoms with Crippen LogP contribution < -0.4 is 18.9 Å². The molecular formula is C90H83N29O16. The summed E-state index contributed by atoms with van der Waals surface area (Å²) < 4.78 is 23.0. The molecule has 4 aliphatic rings. The van der Waals surface area contributed by atoms with Gasteiger partial charge in [-0.1, -0.05) is 72.8 Å². The van der Waals surface area contributed by atoms with E-state index in [1.165, 1.54) is 107 Å². The molecule has 8 amide bonds. The average Bonchev–Trinajstić information content (AvgIpc) is 1.63. The molecule has 135 heavy (non-hydrogen) atoms. The number of H-pyrrole nitrogens is 5. The lowest BCUT2D eigenvalue weighted by Crippen LogP contribution is -2.52. The lowest BCUT2D eigenvalue weighted by Gasteiger charge is -2.34. The summed E-state index contributed by atoms with van der Waals surface area (Å²) in [5.41, 5.74) is 6.01. The Morgan fingerprint density at radius 1 is 0.348 bits per heavy atom. The molecule has 0 unspecified atom stereocenters. The van der Waals surface area contributed by atoms with E-state index in [2.05, 4.69) is 91.4 Å². The topological polar surface area (TPSA) is 548 Å². The maximum Gasteiger partial charge on any atom is 0.295 e. The molecule has 4 saturated heterocycles. The second-order valence-corrected chi connectivity index (χ2v) is 30.7. The zero-order valence-corrected chi connectivity index (χ0v) is 73.2. The zero-order chi connectivity index (χ0) is 94.7. The van der Waals surface area contributed by atoms with Crippen molar-refractivity contribution in [2.45, 2.75) is 0 Å². The van der Waals surface area contributed by atoms with Crippen LogP contribution in [0.4, 0.5) is 0 Å². The van der Waals surface area contributed by atoms with Crippen LogP contribution in [0.3, 0.4) is 0 Å². The van der Waals surface area contributed by atoms with Crippen molar-refractivity contribution in [3.8, 4) is 63.6 Å². The molecule has 4 fully saturated rings. The van der Waals surface area contributed by atoms with Gasteiger partial charge in [0, 0.05) is 159 Å². The number of Topliss-reactive ketones (excluding diaryl/α,β-unsaturated/α-hetero) is 4. The minimum atomic E-state index is -0.706. The van der Waals surface area contributed by atoms with Crippen LogP contribution in [-0.2, 0) is 33.3 Å². The molecule has 15 aromatic rings. The van der Waals surface area contributed by atoms with Crippen molar-refractivity contribution in [2.75, 3.05) is 133 Å². The monoisotopic (exact) mass is 1830 g/mol. The summed E-state index contributed by atoms with van der Waals surface area (Å²) in [4.78, 5) is 198. The first-order chi connectivity index (χ1) is 65.6. The highest BCUT2D eigenvalue weighted by Gasteiger charge is 2.38. The van der Waals surface area contributed by atoms with E-state index in [1.807, 2.05) is 54.6 Å². The summed E-state index contributed by atoms with van der Waals surface area (Å²) in [6, 6.07) is 37.8. The number of hydrogen-bond acceptors (Lipinski definition) is 30. The van der Waals surface area contributed by atoms with Crippen molar-refractivity contribution in [1.29, 1.82) is 5.26 Å². The number of nitrogens with one attached hydrogen (secondary N) is 5. The molecule has 0 atom stereocenters. The van der Waals surface area contributed by atoms with Crippen LogP contribution in [-0.4, -0.2) is 344 Å². The Balaban J connectivity index is 0.000000131. The summed E-state index contributed by atoms with van der Waals surface area (Å²) >= 11 is 0. The summed E-state index contributed by atoms with van der Waals surface area (Å²) in [5.74, 6) is -3.51. The number of aryl methyl sites for hydroxylation is 2. The van der Waals surface area contributed by atoms with E-state index in [-0.39, 0.29) is 116 Å². The first-order valence-corrected chi connectivity index (χ1v) is 42.1. The number of fused-ring (bicyclic) bond motifs is 4. The van der Waals surface area contributed by atoms with E-state index < -0.39 is 46.8 Å². The number of aromatic nitrogens is 20. The molecular weight excluding hydrogens is 1740 g/mol. The molecule has 11 aromatic heterocycles. The summed E-state index contributed by atoms with van der Waals surface area (Å²) in [5, 5.41) is 48.1. The molecule has 0 radical (unpaired) electrons. The van der Waals surface area contributed by atoms with E-state index >= 15 is 0 Å². The third-order valence-corrected chi connectivity index (χ3v) is 23.0. The minimum Gasteiger partial charge on any atom is -0.494 e. The predicted molar refractivity (Wildman–Crippen MR) is 477 cm³/mol. The summed E-state index contributed by atoms with van der Waals surface area (Å²) in [6.45, 7) is 4.83. The number of ketones is 4. The highest BCUT2D eigenvalue weighted by Crippen LogP contribution is 2.38. The standard InChI is InChI=1S/2C23H22N8O4.C22H20N8O4.C22H19N5O4/c1-29-21(26-27-28-29)19-18-17(16(35-2)13-25-19)15(12-24-18)20(32)23(34)31-10-8-30(9-11-31)22(33)14-6-4-3-5-7-14;1-29-27-21(26-28-29)19-18-17(16(35-2)13-25-19)15(12-24-18)20(32)23(34)31-10-8-30(9-11-31)22(33)14-6-4-3-5-7-14;1-34-15-12-24-18(20-25-27-28-26-20)17-16(15)14(11-23-17)19(31)22(33)30-9-7-29(8-10-30)21(32)13-5-3-2-4-6-13;1-31-17-13-24-16(11-23)19-18(17)15(12-25-19)20(28)22(30)27-9-7-26(8-10-27)21(29)14-5-3-2-4-6-14/h2*3-7,12-13,24H,8-11H2,1-2H3;2-6,11-12,23H,7-10H2,1H3,(H,25,26,27,28);2-6,12-13,25H,7-10H2,1H3. The second kappa shape index (κ2) is 39.9. The lowest BCUT2D eigenvalue weighted by molar-refractivity contribution is -0.128. The van der Waals surface area contributed by atoms with Crippen molar-refractivity contribution in [3.63, 3.8) is 0 Å². The molecule has 5 N–H and O–H groups in total. The number of benzene rings is 4. The number of ether oxygens (including phenoxy) is 4. The van der Waals surface area contributed by atoms with Gasteiger partial charge in [-0.2, -0.15) is 15.3 Å². The Kier molecular flexibility index (Phi) is 26.7. The number of methoxy groups -OCH3 is 4. The fraction of sp³-hybridized carbons (Fsp3) is 0.244. The van der Waals surface area contributed by atoms with Crippen molar-refractivity contribution >= 4 is 114 Å². The fourth-order valence-corrected chi connectivity index (χ4v) is 16.0. The maximum absolute atomic E-state index is 13.3. The molecule has 19 rings (SSSR count). The van der Waals surface area contributed by atoms with E-state index in [1.54, 1.807) is 106 Å². The van der Waals surface area contributed by atoms with Gasteiger partial charge in [0.2, 0.25) is 17.5 Å². The Bertz CT molecular complexity index is 7080. The quantitative estimate of drug-likeness (QED) is 0.0553. The number of pyridine rings is 4. The number of amides is 8. The van der Waals surface area contributed by atoms with E-state index in [0.717, 1.165) is 0 Å². The van der Waals surface area contributed by atoms with Crippen LogP contribution in [0.25, 0.3) is 78.2 Å². The Labute approximate surface area is 764 Å². The number of hydrogen-bond donors (Lipinski definition) is 5. The number of nitrogens with zero attached hydrogens (tertiary/aromatic N) is 24. The molecule has 4 aliphatic heterocycles. The molecule has 684 valence electrons. The van der Waals surface area contributed by atoms with Crippen LogP contribution in [0.2, 0.25) is 0 Å². The molecule has 0 bridgehead atoms. The van der Waals surface area contributed by atoms with Crippen LogP contribution in [0.15, 0.2) is 171 Å². The van der Waals surface area contributed by atoms with E-state index in [0.29, 0.717) is 164 Å². The smallest absolute Gasteiger partial charge is 0.295 e. The molecule has 15 heterocycles. The number of tetrazole rings is 3. The molecule has 0 saturated carbocycles. The maximum atomic E-state index is 13.3. The SMILES string of the molecule is COc1cnc(-c2nn[nH]n2)c2[nH]cc(C(=O)C(=O)N3CCN(C(=O)c4ccccc4)CC3)c12.COc1cnc(-c2nnn(C)n2)c2[nH]cc(C(=O)C(=O)N3CCN(C(=O)c4ccccc4)CC3)c12.COc1cnc(-c2nnnn2C)c2[nH]cc(C(=O)C(=O)N3CCN(C(=O)c4ccccc4)CC3)c12.COc1cnc(C#N)c2[nH]cc(C(=O)C(=O)N3CCN(C(=O)c4ccccc4)CC3)c12.